The lowest BCUT2D eigenvalue weighted by Gasteiger charge is -2.15. The van der Waals surface area contributed by atoms with E-state index in [1.165, 1.54) is 12.4 Å². The van der Waals surface area contributed by atoms with Gasteiger partial charge in [0.15, 0.2) is 0 Å². The number of likely N-dealkylation sites (N-methyl/N-ethyl adjacent to an activating group) is 1. The van der Waals surface area contributed by atoms with Crippen molar-refractivity contribution in [2.24, 2.45) is 0 Å². The third-order valence-electron chi connectivity index (χ3n) is 3.46. The first-order chi connectivity index (χ1) is 11.6. The van der Waals surface area contributed by atoms with Gasteiger partial charge in [0.2, 0.25) is 5.95 Å². The highest BCUT2D eigenvalue weighted by atomic mass is 16.1. The molecule has 4 N–H and O–H groups in total. The molecule has 0 aliphatic heterocycles. The van der Waals surface area contributed by atoms with Crippen molar-refractivity contribution in [2.75, 3.05) is 37.7 Å². The van der Waals surface area contributed by atoms with Gasteiger partial charge < -0.3 is 21.3 Å². The fourth-order valence-corrected chi connectivity index (χ4v) is 2.19. The standard InChI is InChI=1S/C17H24N6O/c1-3-9-23(2)10-8-19-16(24)13-4-6-15(7-5-13)22-17-20-11-14(18)12-21-17/h4-7,11-12H,3,8-10,18H2,1-2H3,(H,19,24)(H,20,21,22). The van der Waals surface area contributed by atoms with Gasteiger partial charge in [0.05, 0.1) is 18.1 Å². The molecular weight excluding hydrogens is 304 g/mol. The predicted octanol–water partition coefficient (Wildman–Crippen LogP) is 1.87. The van der Waals surface area contributed by atoms with E-state index >= 15 is 0 Å². The maximum absolute atomic E-state index is 12.1. The number of hydrogen-bond donors (Lipinski definition) is 3. The number of amides is 1. The minimum absolute atomic E-state index is 0.0739. The number of carbonyl (C=O) groups is 1. The van der Waals surface area contributed by atoms with Gasteiger partial charge in [-0.05, 0) is 44.3 Å². The summed E-state index contributed by atoms with van der Waals surface area (Å²) in [5.41, 5.74) is 7.49. The molecule has 0 radical (unpaired) electrons. The SMILES string of the molecule is CCCN(C)CCNC(=O)c1ccc(Nc2ncc(N)cn2)cc1. The maximum atomic E-state index is 12.1. The lowest BCUT2D eigenvalue weighted by molar-refractivity contribution is 0.0950. The lowest BCUT2D eigenvalue weighted by Crippen LogP contribution is -2.33. The number of carbonyl (C=O) groups excluding carboxylic acids is 1. The van der Waals surface area contributed by atoms with Crippen molar-refractivity contribution in [3.63, 3.8) is 0 Å². The van der Waals surface area contributed by atoms with Gasteiger partial charge in [-0.1, -0.05) is 6.92 Å². The average Bonchev–Trinajstić information content (AvgIpc) is 2.58. The van der Waals surface area contributed by atoms with Gasteiger partial charge in [0.1, 0.15) is 0 Å². The Kier molecular flexibility index (Phi) is 6.51. The first-order valence-corrected chi connectivity index (χ1v) is 8.00. The molecule has 0 unspecified atom stereocenters. The van der Waals surface area contributed by atoms with E-state index in [9.17, 15) is 4.79 Å². The number of hydrogen-bond acceptors (Lipinski definition) is 6. The van der Waals surface area contributed by atoms with Gasteiger partial charge in [-0.25, -0.2) is 9.97 Å². The Morgan fingerprint density at radius 1 is 1.17 bits per heavy atom. The zero-order valence-corrected chi connectivity index (χ0v) is 14.1. The molecule has 0 spiro atoms. The van der Waals surface area contributed by atoms with E-state index in [0.29, 0.717) is 23.7 Å². The van der Waals surface area contributed by atoms with Crippen LogP contribution in [0.2, 0.25) is 0 Å². The van der Waals surface area contributed by atoms with Crippen LogP contribution in [0.3, 0.4) is 0 Å². The molecule has 7 nitrogen and oxygen atoms in total. The van der Waals surface area contributed by atoms with Gasteiger partial charge in [-0.3, -0.25) is 4.79 Å². The number of nitrogens with zero attached hydrogens (tertiary/aromatic N) is 3. The van der Waals surface area contributed by atoms with Gasteiger partial charge in [-0.2, -0.15) is 0 Å². The molecule has 24 heavy (non-hydrogen) atoms. The summed E-state index contributed by atoms with van der Waals surface area (Å²) in [7, 11) is 2.05. The van der Waals surface area contributed by atoms with E-state index in [1.807, 2.05) is 12.1 Å². The zero-order valence-electron chi connectivity index (χ0n) is 14.1. The summed E-state index contributed by atoms with van der Waals surface area (Å²) in [6.45, 7) is 4.64. The summed E-state index contributed by atoms with van der Waals surface area (Å²) < 4.78 is 0. The van der Waals surface area contributed by atoms with Gasteiger partial charge >= 0.3 is 0 Å². The van der Waals surface area contributed by atoms with Crippen molar-refractivity contribution in [2.45, 2.75) is 13.3 Å². The number of aromatic nitrogens is 2. The van der Waals surface area contributed by atoms with Crippen LogP contribution in [-0.4, -0.2) is 47.5 Å². The van der Waals surface area contributed by atoms with E-state index < -0.39 is 0 Å². The summed E-state index contributed by atoms with van der Waals surface area (Å²) >= 11 is 0. The molecule has 128 valence electrons. The molecule has 7 heteroatoms. The van der Waals surface area contributed by atoms with E-state index in [2.05, 4.69) is 39.5 Å². The first-order valence-electron chi connectivity index (χ1n) is 8.00. The summed E-state index contributed by atoms with van der Waals surface area (Å²) in [5.74, 6) is 0.385. The van der Waals surface area contributed by atoms with Crippen LogP contribution in [0, 0.1) is 0 Å². The number of anilines is 3. The molecule has 0 bridgehead atoms. The van der Waals surface area contributed by atoms with E-state index in [4.69, 9.17) is 5.73 Å². The second-order valence-corrected chi connectivity index (χ2v) is 5.60. The van der Waals surface area contributed by atoms with Crippen LogP contribution in [0.25, 0.3) is 0 Å². The Bertz CT molecular complexity index is 641. The van der Waals surface area contributed by atoms with Gasteiger partial charge in [-0.15, -0.1) is 0 Å². The molecule has 0 atom stereocenters. The molecule has 1 heterocycles. The Morgan fingerprint density at radius 3 is 2.46 bits per heavy atom. The number of rotatable bonds is 8. The third kappa shape index (κ3) is 5.51. The fraction of sp³-hybridized carbons (Fsp3) is 0.353. The number of nitrogens with two attached hydrogens (primary N) is 1. The van der Waals surface area contributed by atoms with Crippen LogP contribution >= 0.6 is 0 Å². The quantitative estimate of drug-likeness (QED) is 0.684. The summed E-state index contributed by atoms with van der Waals surface area (Å²) in [6, 6.07) is 7.17. The molecule has 0 fully saturated rings. The van der Waals surface area contributed by atoms with Crippen LogP contribution in [0.5, 0.6) is 0 Å². The number of nitrogen functional groups attached to an aromatic ring is 1. The summed E-state index contributed by atoms with van der Waals surface area (Å²) in [4.78, 5) is 22.4. The largest absolute Gasteiger partial charge is 0.396 e. The smallest absolute Gasteiger partial charge is 0.251 e. The summed E-state index contributed by atoms with van der Waals surface area (Å²) in [6.07, 6.45) is 4.18. The van der Waals surface area contributed by atoms with Gasteiger partial charge in [0, 0.05) is 24.3 Å². The monoisotopic (exact) mass is 328 g/mol. The van der Waals surface area contributed by atoms with E-state index in [0.717, 1.165) is 25.2 Å². The summed E-state index contributed by atoms with van der Waals surface area (Å²) in [5, 5.41) is 5.98. The van der Waals surface area contributed by atoms with Gasteiger partial charge in [0.25, 0.3) is 5.91 Å². The van der Waals surface area contributed by atoms with Crippen molar-refractivity contribution in [1.29, 1.82) is 0 Å². The first kappa shape index (κ1) is 17.7. The second-order valence-electron chi connectivity index (χ2n) is 5.60. The minimum Gasteiger partial charge on any atom is -0.396 e. The number of benzene rings is 1. The average molecular weight is 328 g/mol. The van der Waals surface area contributed by atoms with E-state index in [1.54, 1.807) is 12.1 Å². The second kappa shape index (κ2) is 8.83. The molecule has 0 saturated carbocycles. The minimum atomic E-state index is -0.0739. The zero-order chi connectivity index (χ0) is 17.4. The lowest BCUT2D eigenvalue weighted by atomic mass is 10.2. The molecule has 2 aromatic rings. The molecule has 1 aromatic carbocycles. The van der Waals surface area contributed by atoms with Crippen molar-refractivity contribution >= 4 is 23.2 Å². The molecule has 0 aliphatic rings. The van der Waals surface area contributed by atoms with Crippen molar-refractivity contribution < 1.29 is 4.79 Å². The Morgan fingerprint density at radius 2 is 1.83 bits per heavy atom. The highest BCUT2D eigenvalue weighted by molar-refractivity contribution is 5.94. The predicted molar refractivity (Wildman–Crippen MR) is 96.3 cm³/mol. The normalized spacial score (nSPS) is 10.6. The number of nitrogens with one attached hydrogen (secondary N) is 2. The Balaban J connectivity index is 1.84. The van der Waals surface area contributed by atoms with Crippen molar-refractivity contribution in [3.8, 4) is 0 Å². The van der Waals surface area contributed by atoms with Crippen molar-refractivity contribution in [3.05, 3.63) is 42.2 Å². The molecule has 2 rings (SSSR count). The maximum Gasteiger partial charge on any atom is 0.251 e. The highest BCUT2D eigenvalue weighted by Gasteiger charge is 2.06. The molecule has 1 amide bonds. The molecule has 0 aliphatic carbocycles. The van der Waals surface area contributed by atoms with E-state index in [-0.39, 0.29) is 5.91 Å². The van der Waals surface area contributed by atoms with Crippen LogP contribution in [-0.2, 0) is 0 Å². The Labute approximate surface area is 142 Å². The Hall–Kier alpha value is -2.67. The molecular formula is C17H24N6O. The van der Waals surface area contributed by atoms with Crippen LogP contribution < -0.4 is 16.4 Å². The fourth-order valence-electron chi connectivity index (χ4n) is 2.19. The molecule has 0 saturated heterocycles. The molecule has 1 aromatic heterocycles. The highest BCUT2D eigenvalue weighted by Crippen LogP contribution is 2.14. The topological polar surface area (TPSA) is 96.2 Å². The third-order valence-corrected chi connectivity index (χ3v) is 3.46. The van der Waals surface area contributed by atoms with Crippen LogP contribution in [0.1, 0.15) is 23.7 Å². The van der Waals surface area contributed by atoms with Crippen LogP contribution in [0.4, 0.5) is 17.3 Å². The van der Waals surface area contributed by atoms with Crippen LogP contribution in [0.15, 0.2) is 36.7 Å². The van der Waals surface area contributed by atoms with Crippen molar-refractivity contribution in [1.82, 2.24) is 20.2 Å².